The molecule has 1 rings (SSSR count). The molecule has 0 aromatic heterocycles. The van der Waals surface area contributed by atoms with Crippen LogP contribution in [0.25, 0.3) is 0 Å². The monoisotopic (exact) mass is 267 g/mol. The first-order valence-electron chi connectivity index (χ1n) is 3.98. The van der Waals surface area contributed by atoms with Crippen LogP contribution >= 0.6 is 15.9 Å². The summed E-state index contributed by atoms with van der Waals surface area (Å²) in [5.41, 5.74) is 5.62. The predicted molar refractivity (Wildman–Crippen MR) is 51.8 cm³/mol. The van der Waals surface area contributed by atoms with E-state index in [0.717, 1.165) is 0 Å². The zero-order valence-corrected chi connectivity index (χ0v) is 8.77. The predicted octanol–water partition coefficient (Wildman–Crippen LogP) is 2.72. The van der Waals surface area contributed by atoms with Crippen LogP contribution in [0.2, 0.25) is 0 Å². The molecule has 0 aliphatic rings. The topological polar surface area (TPSA) is 26.0 Å². The van der Waals surface area contributed by atoms with Gasteiger partial charge >= 0.3 is 0 Å². The summed E-state index contributed by atoms with van der Waals surface area (Å²) in [6, 6.07) is 3.00. The van der Waals surface area contributed by atoms with Crippen molar-refractivity contribution >= 4 is 15.9 Å². The average Bonchev–Trinajstić information content (AvgIpc) is 2.11. The first-order valence-corrected chi connectivity index (χ1v) is 4.77. The van der Waals surface area contributed by atoms with Crippen LogP contribution in [0.5, 0.6) is 0 Å². The molecular formula is C9H9BrF3N. The Kier molecular flexibility index (Phi) is 3.95. The lowest BCUT2D eigenvalue weighted by atomic mass is 10.1. The Morgan fingerprint density at radius 2 is 2.00 bits per heavy atom. The van der Waals surface area contributed by atoms with E-state index in [0.29, 0.717) is 10.0 Å². The van der Waals surface area contributed by atoms with Gasteiger partial charge in [0.05, 0.1) is 10.5 Å². The third-order valence-electron chi connectivity index (χ3n) is 1.78. The highest BCUT2D eigenvalue weighted by Gasteiger charge is 2.15. The van der Waals surface area contributed by atoms with Gasteiger partial charge in [0, 0.05) is 0 Å². The molecule has 0 bridgehead atoms. The Bertz CT molecular complexity index is 317. The summed E-state index contributed by atoms with van der Waals surface area (Å²) < 4.78 is 37.4. The minimum atomic E-state index is -2.58. The van der Waals surface area contributed by atoms with Crippen molar-refractivity contribution in [1.82, 2.24) is 0 Å². The van der Waals surface area contributed by atoms with Gasteiger partial charge in [0.1, 0.15) is 5.82 Å². The standard InChI is InChI=1S/C9H9BrF3N/c10-6-2-1-5(3-7(6)11)4-8(14)9(12)13/h1-3,8-9H,4,14H2. The number of halogens is 4. The number of hydrogen-bond donors (Lipinski definition) is 1. The molecule has 2 N–H and O–H groups in total. The Hall–Kier alpha value is -0.550. The normalized spacial score (nSPS) is 13.3. The van der Waals surface area contributed by atoms with Crippen LogP contribution in [0.3, 0.4) is 0 Å². The molecule has 14 heavy (non-hydrogen) atoms. The van der Waals surface area contributed by atoms with Crippen LogP contribution in [0.15, 0.2) is 22.7 Å². The molecule has 0 saturated heterocycles. The van der Waals surface area contributed by atoms with E-state index in [9.17, 15) is 13.2 Å². The third-order valence-corrected chi connectivity index (χ3v) is 2.42. The smallest absolute Gasteiger partial charge is 0.253 e. The molecule has 0 aliphatic heterocycles. The zero-order chi connectivity index (χ0) is 10.7. The van der Waals surface area contributed by atoms with Gasteiger partial charge < -0.3 is 5.73 Å². The van der Waals surface area contributed by atoms with Crippen LogP contribution < -0.4 is 5.73 Å². The Morgan fingerprint density at radius 3 is 2.50 bits per heavy atom. The first-order chi connectivity index (χ1) is 6.50. The van der Waals surface area contributed by atoms with Crippen molar-refractivity contribution in [3.8, 4) is 0 Å². The minimum Gasteiger partial charge on any atom is -0.323 e. The van der Waals surface area contributed by atoms with Gasteiger partial charge in [-0.05, 0) is 40.0 Å². The molecule has 0 radical (unpaired) electrons. The van der Waals surface area contributed by atoms with E-state index in [-0.39, 0.29) is 6.42 Å². The van der Waals surface area contributed by atoms with E-state index >= 15 is 0 Å². The van der Waals surface area contributed by atoms with Gasteiger partial charge in [0.2, 0.25) is 0 Å². The molecule has 78 valence electrons. The molecule has 1 aromatic carbocycles. The summed E-state index contributed by atoms with van der Waals surface area (Å²) in [6.07, 6.45) is -2.61. The minimum absolute atomic E-state index is 0.0259. The van der Waals surface area contributed by atoms with Crippen molar-refractivity contribution in [2.75, 3.05) is 0 Å². The fourth-order valence-electron chi connectivity index (χ4n) is 1.03. The molecule has 0 amide bonds. The summed E-state index contributed by atoms with van der Waals surface area (Å²) in [5.74, 6) is -0.469. The molecule has 0 fully saturated rings. The van der Waals surface area contributed by atoms with Gasteiger partial charge in [-0.25, -0.2) is 13.2 Å². The lowest BCUT2D eigenvalue weighted by molar-refractivity contribution is 0.116. The quantitative estimate of drug-likeness (QED) is 0.896. The number of benzene rings is 1. The molecule has 1 nitrogen and oxygen atoms in total. The number of nitrogens with two attached hydrogens (primary N) is 1. The molecule has 1 atom stereocenters. The molecular weight excluding hydrogens is 259 g/mol. The van der Waals surface area contributed by atoms with Crippen molar-refractivity contribution in [3.63, 3.8) is 0 Å². The Balaban J connectivity index is 2.73. The van der Waals surface area contributed by atoms with Crippen molar-refractivity contribution in [2.45, 2.75) is 18.9 Å². The number of rotatable bonds is 3. The van der Waals surface area contributed by atoms with Gasteiger partial charge in [-0.15, -0.1) is 0 Å². The van der Waals surface area contributed by atoms with E-state index in [2.05, 4.69) is 15.9 Å². The Morgan fingerprint density at radius 1 is 1.36 bits per heavy atom. The van der Waals surface area contributed by atoms with Crippen LogP contribution in [0.1, 0.15) is 5.56 Å². The summed E-state index contributed by atoms with van der Waals surface area (Å²) in [6.45, 7) is 0. The maximum Gasteiger partial charge on any atom is 0.253 e. The Labute approximate surface area is 88.2 Å². The maximum atomic E-state index is 13.0. The first kappa shape index (κ1) is 11.5. The largest absolute Gasteiger partial charge is 0.323 e. The number of alkyl halides is 2. The van der Waals surface area contributed by atoms with Crippen LogP contribution in [0, 0.1) is 5.82 Å². The van der Waals surface area contributed by atoms with E-state index in [1.54, 1.807) is 6.07 Å². The second kappa shape index (κ2) is 4.79. The van der Waals surface area contributed by atoms with Crippen LogP contribution in [-0.2, 0) is 6.42 Å². The summed E-state index contributed by atoms with van der Waals surface area (Å²) in [7, 11) is 0. The molecule has 1 aromatic rings. The van der Waals surface area contributed by atoms with E-state index < -0.39 is 18.3 Å². The maximum absolute atomic E-state index is 13.0. The van der Waals surface area contributed by atoms with Gasteiger partial charge in [0.25, 0.3) is 6.43 Å². The third kappa shape index (κ3) is 2.99. The summed E-state index contributed by atoms with van der Waals surface area (Å²) in [5, 5.41) is 0. The zero-order valence-electron chi connectivity index (χ0n) is 7.18. The van der Waals surface area contributed by atoms with Crippen molar-refractivity contribution in [3.05, 3.63) is 34.1 Å². The van der Waals surface area contributed by atoms with Crippen molar-refractivity contribution in [2.24, 2.45) is 5.73 Å². The average molecular weight is 268 g/mol. The summed E-state index contributed by atoms with van der Waals surface area (Å²) >= 11 is 2.97. The van der Waals surface area contributed by atoms with Crippen LogP contribution in [0.4, 0.5) is 13.2 Å². The highest BCUT2D eigenvalue weighted by molar-refractivity contribution is 9.10. The van der Waals surface area contributed by atoms with E-state index in [1.165, 1.54) is 12.1 Å². The summed E-state index contributed by atoms with van der Waals surface area (Å²) in [4.78, 5) is 0. The lowest BCUT2D eigenvalue weighted by Crippen LogP contribution is -2.30. The highest BCUT2D eigenvalue weighted by Crippen LogP contribution is 2.17. The molecule has 0 aliphatic carbocycles. The fraction of sp³-hybridized carbons (Fsp3) is 0.333. The van der Waals surface area contributed by atoms with Crippen LogP contribution in [-0.4, -0.2) is 12.5 Å². The highest BCUT2D eigenvalue weighted by atomic mass is 79.9. The molecule has 0 saturated carbocycles. The molecule has 1 unspecified atom stereocenters. The van der Waals surface area contributed by atoms with Crippen molar-refractivity contribution in [1.29, 1.82) is 0 Å². The fourth-order valence-corrected chi connectivity index (χ4v) is 1.27. The second-order valence-electron chi connectivity index (χ2n) is 2.95. The molecule has 0 spiro atoms. The van der Waals surface area contributed by atoms with Gasteiger partial charge in [-0.3, -0.25) is 0 Å². The van der Waals surface area contributed by atoms with E-state index in [4.69, 9.17) is 5.73 Å². The SMILES string of the molecule is NC(Cc1ccc(Br)c(F)c1)C(F)F. The molecule has 5 heteroatoms. The van der Waals surface area contributed by atoms with E-state index in [1.807, 2.05) is 0 Å². The second-order valence-corrected chi connectivity index (χ2v) is 3.81. The number of hydrogen-bond acceptors (Lipinski definition) is 1. The van der Waals surface area contributed by atoms with Gasteiger partial charge in [0.15, 0.2) is 0 Å². The van der Waals surface area contributed by atoms with Gasteiger partial charge in [-0.1, -0.05) is 6.07 Å². The van der Waals surface area contributed by atoms with Gasteiger partial charge in [-0.2, -0.15) is 0 Å². The molecule has 0 heterocycles. The lowest BCUT2D eigenvalue weighted by Gasteiger charge is -2.10. The van der Waals surface area contributed by atoms with Crippen molar-refractivity contribution < 1.29 is 13.2 Å².